The zero-order valence-corrected chi connectivity index (χ0v) is 17.3. The Hall–Kier alpha value is -4.33. The Labute approximate surface area is 184 Å². The summed E-state index contributed by atoms with van der Waals surface area (Å²) in [5, 5.41) is 13.6. The van der Waals surface area contributed by atoms with Crippen LogP contribution >= 0.6 is 0 Å². The van der Waals surface area contributed by atoms with E-state index in [4.69, 9.17) is 9.15 Å². The van der Waals surface area contributed by atoms with Crippen molar-refractivity contribution < 1.29 is 18.9 Å². The van der Waals surface area contributed by atoms with Gasteiger partial charge in [-0.2, -0.15) is 0 Å². The molecule has 2 heterocycles. The Kier molecular flexibility index (Phi) is 6.03. The Morgan fingerprint density at radius 1 is 1.09 bits per heavy atom. The Morgan fingerprint density at radius 2 is 1.84 bits per heavy atom. The van der Waals surface area contributed by atoms with E-state index >= 15 is 0 Å². The van der Waals surface area contributed by atoms with Gasteiger partial charge in [0.1, 0.15) is 18.1 Å². The largest absolute Gasteiger partial charge is 0.486 e. The summed E-state index contributed by atoms with van der Waals surface area (Å²) < 4.78 is 13.2. The molecule has 0 radical (unpaired) electrons. The molecule has 0 spiro atoms. The van der Waals surface area contributed by atoms with Crippen molar-refractivity contribution in [2.75, 3.05) is 0 Å². The van der Waals surface area contributed by atoms with Crippen molar-refractivity contribution in [3.05, 3.63) is 112 Å². The summed E-state index contributed by atoms with van der Waals surface area (Å²) in [5.74, 6) is 0.788. The highest BCUT2D eigenvalue weighted by Gasteiger charge is 2.16. The molecule has 2 aromatic carbocycles. The fourth-order valence-electron chi connectivity index (χ4n) is 3.21. The highest BCUT2D eigenvalue weighted by molar-refractivity contribution is 5.91. The number of benzene rings is 2. The van der Waals surface area contributed by atoms with Crippen LogP contribution in [0.1, 0.15) is 34.8 Å². The molecule has 0 aliphatic rings. The summed E-state index contributed by atoms with van der Waals surface area (Å²) in [7, 11) is 0. The van der Waals surface area contributed by atoms with Gasteiger partial charge in [-0.05, 0) is 61.0 Å². The zero-order chi connectivity index (χ0) is 22.5. The first kappa shape index (κ1) is 20.9. The lowest BCUT2D eigenvalue weighted by atomic mass is 10.1. The van der Waals surface area contributed by atoms with Gasteiger partial charge in [-0.3, -0.25) is 14.9 Å². The number of nitro benzene ring substituents is 1. The molecule has 0 aliphatic carbocycles. The fourth-order valence-corrected chi connectivity index (χ4v) is 3.21. The van der Waals surface area contributed by atoms with Crippen molar-refractivity contribution in [1.29, 1.82) is 0 Å². The lowest BCUT2D eigenvalue weighted by molar-refractivity contribution is -0.384. The highest BCUT2D eigenvalue weighted by Crippen LogP contribution is 2.20. The number of aromatic nitrogens is 1. The predicted octanol–water partition coefficient (Wildman–Crippen LogP) is 5.05. The number of carbonyl (C=O) groups excluding carboxylic acids is 1. The van der Waals surface area contributed by atoms with Crippen LogP contribution in [0.15, 0.2) is 89.6 Å². The lowest BCUT2D eigenvalue weighted by Gasteiger charge is -2.15. The molecule has 1 atom stereocenters. The second kappa shape index (κ2) is 9.22. The topological polar surface area (TPSA) is 99.5 Å². The van der Waals surface area contributed by atoms with Crippen LogP contribution in [0.2, 0.25) is 0 Å². The molecule has 0 bridgehead atoms. The van der Waals surface area contributed by atoms with Crippen LogP contribution in [-0.4, -0.2) is 15.4 Å². The summed E-state index contributed by atoms with van der Waals surface area (Å²) in [5.41, 5.74) is 1.97. The van der Waals surface area contributed by atoms with Crippen LogP contribution in [0.5, 0.6) is 5.75 Å². The minimum atomic E-state index is -0.473. The van der Waals surface area contributed by atoms with Gasteiger partial charge in [0.2, 0.25) is 0 Å². The molecule has 8 heteroatoms. The molecule has 8 nitrogen and oxygen atoms in total. The van der Waals surface area contributed by atoms with Gasteiger partial charge in [0.05, 0.1) is 11.0 Å². The third-order valence-corrected chi connectivity index (χ3v) is 4.93. The van der Waals surface area contributed by atoms with E-state index in [1.165, 1.54) is 24.3 Å². The monoisotopic (exact) mass is 431 g/mol. The van der Waals surface area contributed by atoms with Gasteiger partial charge in [-0.1, -0.05) is 12.1 Å². The van der Waals surface area contributed by atoms with E-state index in [1.54, 1.807) is 12.1 Å². The zero-order valence-electron chi connectivity index (χ0n) is 17.3. The van der Waals surface area contributed by atoms with Gasteiger partial charge >= 0.3 is 0 Å². The van der Waals surface area contributed by atoms with Gasteiger partial charge in [0.25, 0.3) is 11.6 Å². The van der Waals surface area contributed by atoms with Crippen molar-refractivity contribution in [3.8, 4) is 11.4 Å². The number of nitro groups is 1. The van der Waals surface area contributed by atoms with Crippen molar-refractivity contribution in [2.24, 2.45) is 0 Å². The van der Waals surface area contributed by atoms with Crippen molar-refractivity contribution in [1.82, 2.24) is 9.88 Å². The number of amides is 1. The van der Waals surface area contributed by atoms with Gasteiger partial charge in [0.15, 0.2) is 5.76 Å². The van der Waals surface area contributed by atoms with Gasteiger partial charge in [0, 0.05) is 30.2 Å². The van der Waals surface area contributed by atoms with Gasteiger partial charge in [-0.25, -0.2) is 0 Å². The number of furan rings is 1. The van der Waals surface area contributed by atoms with E-state index in [2.05, 4.69) is 5.32 Å². The van der Waals surface area contributed by atoms with Crippen LogP contribution in [0.25, 0.3) is 5.69 Å². The van der Waals surface area contributed by atoms with Crippen LogP contribution in [-0.2, 0) is 6.61 Å². The molecule has 162 valence electrons. The molecule has 4 rings (SSSR count). The molecule has 0 fully saturated rings. The van der Waals surface area contributed by atoms with E-state index in [0.29, 0.717) is 11.5 Å². The van der Waals surface area contributed by atoms with Crippen molar-refractivity contribution in [2.45, 2.75) is 19.6 Å². The molecule has 2 aromatic heterocycles. The Balaban J connectivity index is 1.35. The number of nitrogens with one attached hydrogen (secondary N) is 1. The Morgan fingerprint density at radius 3 is 2.56 bits per heavy atom. The maximum atomic E-state index is 12.6. The first-order chi connectivity index (χ1) is 15.5. The number of hydrogen-bond donors (Lipinski definition) is 1. The number of carbonyl (C=O) groups is 1. The first-order valence-electron chi connectivity index (χ1n) is 10.00. The van der Waals surface area contributed by atoms with E-state index < -0.39 is 4.92 Å². The summed E-state index contributed by atoms with van der Waals surface area (Å²) in [6, 6.07) is 20.6. The van der Waals surface area contributed by atoms with E-state index in [-0.39, 0.29) is 30.0 Å². The smallest absolute Gasteiger partial charge is 0.287 e. The SMILES string of the molecule is CC(NC(=O)c1ccc(COc2ccc([N+](=O)[O-])cc2)o1)c1cccc(-n2cccc2)c1. The summed E-state index contributed by atoms with van der Waals surface area (Å²) in [4.78, 5) is 22.8. The molecule has 1 unspecified atom stereocenters. The number of ether oxygens (including phenoxy) is 1. The number of nitrogens with zero attached hydrogens (tertiary/aromatic N) is 2. The number of non-ortho nitro benzene ring substituents is 1. The number of rotatable bonds is 8. The third kappa shape index (κ3) is 4.86. The molecule has 1 N–H and O–H groups in total. The van der Waals surface area contributed by atoms with Crippen LogP contribution < -0.4 is 10.1 Å². The second-order valence-corrected chi connectivity index (χ2v) is 7.19. The molecule has 4 aromatic rings. The molecular weight excluding hydrogens is 410 g/mol. The van der Waals surface area contributed by atoms with Crippen LogP contribution in [0.3, 0.4) is 0 Å². The maximum absolute atomic E-state index is 12.6. The minimum absolute atomic E-state index is 0.0117. The first-order valence-corrected chi connectivity index (χ1v) is 10.00. The molecule has 0 saturated carbocycles. The fraction of sp³-hybridized carbons (Fsp3) is 0.125. The summed E-state index contributed by atoms with van der Waals surface area (Å²) >= 11 is 0. The molecular formula is C24H21N3O5. The summed E-state index contributed by atoms with van der Waals surface area (Å²) in [6.07, 6.45) is 3.93. The Bertz CT molecular complexity index is 1210. The quantitative estimate of drug-likeness (QED) is 0.311. The predicted molar refractivity (Wildman–Crippen MR) is 118 cm³/mol. The van der Waals surface area contributed by atoms with Gasteiger partial charge in [-0.15, -0.1) is 0 Å². The van der Waals surface area contributed by atoms with Crippen molar-refractivity contribution in [3.63, 3.8) is 0 Å². The van der Waals surface area contributed by atoms with E-state index in [0.717, 1.165) is 11.3 Å². The molecule has 1 amide bonds. The average molecular weight is 431 g/mol. The van der Waals surface area contributed by atoms with Crippen LogP contribution in [0, 0.1) is 10.1 Å². The second-order valence-electron chi connectivity index (χ2n) is 7.19. The molecule has 0 saturated heterocycles. The molecule has 32 heavy (non-hydrogen) atoms. The number of hydrogen-bond acceptors (Lipinski definition) is 5. The third-order valence-electron chi connectivity index (χ3n) is 4.93. The van der Waals surface area contributed by atoms with Crippen molar-refractivity contribution >= 4 is 11.6 Å². The average Bonchev–Trinajstić information content (AvgIpc) is 3.50. The van der Waals surface area contributed by atoms with Gasteiger partial charge < -0.3 is 19.0 Å². The minimum Gasteiger partial charge on any atom is -0.486 e. The highest BCUT2D eigenvalue weighted by atomic mass is 16.6. The van der Waals surface area contributed by atoms with E-state index in [1.807, 2.05) is 60.3 Å². The molecule has 0 aliphatic heterocycles. The maximum Gasteiger partial charge on any atom is 0.287 e. The van der Waals surface area contributed by atoms with Crippen LogP contribution in [0.4, 0.5) is 5.69 Å². The van der Waals surface area contributed by atoms with E-state index in [9.17, 15) is 14.9 Å². The normalized spacial score (nSPS) is 11.7. The standard InChI is InChI=1S/C24H21N3O5/c1-17(18-5-4-6-20(15-18)26-13-2-3-14-26)25-24(28)23-12-11-22(32-23)16-31-21-9-7-19(8-10-21)27(29)30/h2-15,17H,16H2,1H3,(H,25,28). The lowest BCUT2D eigenvalue weighted by Crippen LogP contribution is -2.26. The summed E-state index contributed by atoms with van der Waals surface area (Å²) in [6.45, 7) is 2.01.